The Bertz CT molecular complexity index is 713. The highest BCUT2D eigenvalue weighted by Crippen LogP contribution is 2.38. The lowest BCUT2D eigenvalue weighted by molar-refractivity contribution is 0.00578. The van der Waals surface area contributed by atoms with Crippen LogP contribution in [0.1, 0.15) is 54.2 Å². The van der Waals surface area contributed by atoms with E-state index < -0.39 is 36.0 Å². The maximum atomic E-state index is 13.4. The Morgan fingerprint density at radius 3 is 2.37 bits per heavy atom. The first-order valence-corrected chi connectivity index (χ1v) is 8.95. The van der Waals surface area contributed by atoms with Crippen molar-refractivity contribution in [2.75, 3.05) is 6.54 Å². The third kappa shape index (κ3) is 5.77. The van der Waals surface area contributed by atoms with Gasteiger partial charge in [-0.05, 0) is 72.1 Å². The molecule has 8 heteroatoms. The predicted molar refractivity (Wildman–Crippen MR) is 102 cm³/mol. The Hall–Kier alpha value is -1.93. The van der Waals surface area contributed by atoms with Crippen LogP contribution in [0.4, 0.5) is 9.18 Å². The van der Waals surface area contributed by atoms with E-state index in [1.165, 1.54) is 6.07 Å². The molecule has 2 rings (SSSR count). The zero-order valence-electron chi connectivity index (χ0n) is 17.1. The first-order valence-electron chi connectivity index (χ1n) is 8.95. The van der Waals surface area contributed by atoms with Crippen molar-refractivity contribution in [1.29, 1.82) is 0 Å². The largest absolute Gasteiger partial charge is 0.492 e. The molecule has 1 fully saturated rings. The fourth-order valence-electron chi connectivity index (χ4n) is 2.38. The summed E-state index contributed by atoms with van der Waals surface area (Å²) in [6.45, 7) is 13.2. The van der Waals surface area contributed by atoms with Crippen LogP contribution in [-0.2, 0) is 14.0 Å². The number of alkyl carbamates (subject to hydrolysis) is 1. The van der Waals surface area contributed by atoms with Crippen molar-refractivity contribution < 1.29 is 23.2 Å². The predicted octanol–water partition coefficient (Wildman–Crippen LogP) is 3.76. The molecule has 27 heavy (non-hydrogen) atoms. The van der Waals surface area contributed by atoms with Crippen molar-refractivity contribution in [2.24, 2.45) is 0 Å². The summed E-state index contributed by atoms with van der Waals surface area (Å²) in [5.41, 5.74) is -0.679. The van der Waals surface area contributed by atoms with Crippen LogP contribution in [0.15, 0.2) is 23.7 Å². The maximum absolute atomic E-state index is 13.4. The van der Waals surface area contributed by atoms with Gasteiger partial charge in [0, 0.05) is 6.54 Å². The second kappa shape index (κ2) is 7.60. The van der Waals surface area contributed by atoms with Crippen molar-refractivity contribution in [3.8, 4) is 0 Å². The monoisotopic (exact) mass is 378 g/mol. The smallest absolute Gasteiger partial charge is 0.444 e. The topological polar surface area (TPSA) is 69.7 Å². The first-order chi connectivity index (χ1) is 12.3. The van der Waals surface area contributed by atoms with Gasteiger partial charge in [-0.1, -0.05) is 6.07 Å². The molecule has 2 heterocycles. The number of halogens is 1. The molecule has 0 bridgehead atoms. The summed E-state index contributed by atoms with van der Waals surface area (Å²) in [5, 5.41) is 2.69. The zero-order chi connectivity index (χ0) is 20.5. The summed E-state index contributed by atoms with van der Waals surface area (Å²) >= 11 is 0. The molecule has 1 aliphatic rings. The number of aromatic nitrogens is 1. The van der Waals surface area contributed by atoms with Crippen molar-refractivity contribution in [1.82, 2.24) is 10.3 Å². The molecule has 1 aromatic heterocycles. The van der Waals surface area contributed by atoms with E-state index in [1.54, 1.807) is 39.0 Å². The number of carbonyl (C=O) groups is 1. The molecule has 0 aromatic carbocycles. The minimum atomic E-state index is -0.699. The van der Waals surface area contributed by atoms with Gasteiger partial charge in [0.2, 0.25) is 5.95 Å². The molecule has 1 aromatic rings. The highest BCUT2D eigenvalue weighted by atomic mass is 19.1. The molecule has 0 radical (unpaired) electrons. The number of carbonyl (C=O) groups excluding carboxylic acids is 1. The van der Waals surface area contributed by atoms with E-state index in [4.69, 9.17) is 14.0 Å². The first kappa shape index (κ1) is 21.4. The zero-order valence-corrected chi connectivity index (χ0v) is 17.1. The van der Waals surface area contributed by atoms with Gasteiger partial charge in [0.15, 0.2) is 0 Å². The molecule has 1 saturated heterocycles. The van der Waals surface area contributed by atoms with Crippen LogP contribution in [-0.4, -0.2) is 41.5 Å². The van der Waals surface area contributed by atoms with Gasteiger partial charge in [-0.3, -0.25) is 0 Å². The summed E-state index contributed by atoms with van der Waals surface area (Å²) in [7, 11) is -0.699. The second-order valence-electron chi connectivity index (χ2n) is 8.55. The van der Waals surface area contributed by atoms with Gasteiger partial charge in [0.05, 0.1) is 16.9 Å². The van der Waals surface area contributed by atoms with Crippen LogP contribution in [0.3, 0.4) is 0 Å². The fraction of sp³-hybridized carbons (Fsp3) is 0.579. The number of amides is 1. The van der Waals surface area contributed by atoms with E-state index in [0.717, 1.165) is 0 Å². The Kier molecular flexibility index (Phi) is 6.02. The van der Waals surface area contributed by atoms with Gasteiger partial charge < -0.3 is 19.4 Å². The number of pyridine rings is 1. The second-order valence-corrected chi connectivity index (χ2v) is 8.55. The minimum absolute atomic E-state index is 0.115. The summed E-state index contributed by atoms with van der Waals surface area (Å²) < 4.78 is 30.8. The normalized spacial score (nSPS) is 19.1. The van der Waals surface area contributed by atoms with Crippen LogP contribution in [0, 0.1) is 5.95 Å². The van der Waals surface area contributed by atoms with Gasteiger partial charge in [0.1, 0.15) is 5.60 Å². The minimum Gasteiger partial charge on any atom is -0.444 e. The van der Waals surface area contributed by atoms with Crippen LogP contribution >= 0.6 is 0 Å². The summed E-state index contributed by atoms with van der Waals surface area (Å²) in [6.07, 6.45) is 1.10. The molecule has 0 saturated carbocycles. The molecule has 1 aliphatic heterocycles. The number of nitrogens with zero attached hydrogens (tertiary/aromatic N) is 1. The number of nitrogens with one attached hydrogen (secondary N) is 1. The summed E-state index contributed by atoms with van der Waals surface area (Å²) in [5.74, 6) is -0.586. The molecule has 0 spiro atoms. The fourth-order valence-corrected chi connectivity index (χ4v) is 2.38. The molecule has 0 atom stereocenters. The van der Waals surface area contributed by atoms with Crippen LogP contribution in [0.25, 0.3) is 6.08 Å². The highest BCUT2D eigenvalue weighted by molar-refractivity contribution is 6.56. The lowest BCUT2D eigenvalue weighted by Crippen LogP contribution is -2.41. The molecule has 6 nitrogen and oxygen atoms in total. The third-order valence-electron chi connectivity index (χ3n) is 4.46. The van der Waals surface area contributed by atoms with E-state index >= 15 is 0 Å². The number of hydrogen-bond acceptors (Lipinski definition) is 5. The van der Waals surface area contributed by atoms with Gasteiger partial charge >= 0.3 is 13.2 Å². The van der Waals surface area contributed by atoms with Gasteiger partial charge in [-0.25, -0.2) is 9.78 Å². The Morgan fingerprint density at radius 1 is 1.26 bits per heavy atom. The van der Waals surface area contributed by atoms with Crippen LogP contribution in [0.2, 0.25) is 0 Å². The summed E-state index contributed by atoms with van der Waals surface area (Å²) in [6, 6.07) is 4.50. The molecule has 0 aliphatic carbocycles. The number of ether oxygens (including phenoxy) is 1. The van der Waals surface area contributed by atoms with Gasteiger partial charge in [-0.15, -0.1) is 0 Å². The SMILES string of the molecule is CC(C)(C)OC(=O)NCC(=Cc1cccc(F)n1)B1OC(C)(C)C(C)(C)O1. The maximum Gasteiger partial charge on any atom is 0.492 e. The molecule has 0 unspecified atom stereocenters. The molecular formula is C19H28BFN2O4. The Balaban J connectivity index is 2.23. The average molecular weight is 378 g/mol. The van der Waals surface area contributed by atoms with E-state index in [9.17, 15) is 9.18 Å². The van der Waals surface area contributed by atoms with E-state index in [0.29, 0.717) is 11.2 Å². The number of hydrogen-bond donors (Lipinski definition) is 1. The third-order valence-corrected chi connectivity index (χ3v) is 4.46. The lowest BCUT2D eigenvalue weighted by atomic mass is 9.77. The molecule has 1 amide bonds. The highest BCUT2D eigenvalue weighted by Gasteiger charge is 2.52. The van der Waals surface area contributed by atoms with Crippen molar-refractivity contribution in [3.63, 3.8) is 0 Å². The molecule has 1 N–H and O–H groups in total. The average Bonchev–Trinajstić information content (AvgIpc) is 2.70. The van der Waals surface area contributed by atoms with Gasteiger partial charge in [0.25, 0.3) is 0 Å². The van der Waals surface area contributed by atoms with Crippen LogP contribution < -0.4 is 5.32 Å². The standard InChI is InChI=1S/C19H28BFN2O4/c1-17(2,3)25-16(24)22-12-13(11-14-9-8-10-15(21)23-14)20-26-18(4,5)19(6,7)27-20/h8-11H,12H2,1-7H3,(H,22,24). The molecule has 148 valence electrons. The summed E-state index contributed by atoms with van der Waals surface area (Å²) in [4.78, 5) is 15.9. The van der Waals surface area contributed by atoms with E-state index in [-0.39, 0.29) is 6.54 Å². The van der Waals surface area contributed by atoms with E-state index in [2.05, 4.69) is 10.3 Å². The number of rotatable bonds is 4. The lowest BCUT2D eigenvalue weighted by Gasteiger charge is -2.32. The Morgan fingerprint density at radius 2 is 1.85 bits per heavy atom. The Labute approximate surface area is 160 Å². The van der Waals surface area contributed by atoms with E-state index in [1.807, 2.05) is 27.7 Å². The quantitative estimate of drug-likeness (QED) is 0.638. The van der Waals surface area contributed by atoms with Gasteiger partial charge in [-0.2, -0.15) is 4.39 Å². The van der Waals surface area contributed by atoms with Crippen molar-refractivity contribution in [2.45, 2.75) is 65.3 Å². The van der Waals surface area contributed by atoms with Crippen molar-refractivity contribution >= 4 is 19.3 Å². The van der Waals surface area contributed by atoms with Crippen molar-refractivity contribution in [3.05, 3.63) is 35.3 Å². The van der Waals surface area contributed by atoms with Crippen LogP contribution in [0.5, 0.6) is 0 Å². The molecular weight excluding hydrogens is 350 g/mol.